The molecule has 0 spiro atoms. The highest BCUT2D eigenvalue weighted by molar-refractivity contribution is 5.87. The molecule has 5 rings (SSSR count). The Morgan fingerprint density at radius 1 is 1.00 bits per heavy atom. The monoisotopic (exact) mass is 455 g/mol. The van der Waals surface area contributed by atoms with Gasteiger partial charge in [-0.15, -0.1) is 0 Å². The normalized spacial score (nSPS) is 11.1. The van der Waals surface area contributed by atoms with E-state index in [2.05, 4.69) is 49.3 Å². The van der Waals surface area contributed by atoms with Gasteiger partial charge in [-0.25, -0.2) is 14.5 Å². The number of rotatable bonds is 8. The highest BCUT2D eigenvalue weighted by atomic mass is 16.4. The molecule has 0 atom stereocenters. The van der Waals surface area contributed by atoms with E-state index in [1.807, 2.05) is 36.4 Å². The van der Waals surface area contributed by atoms with E-state index in [0.717, 1.165) is 24.3 Å². The van der Waals surface area contributed by atoms with Gasteiger partial charge in [0.2, 0.25) is 5.95 Å². The number of aromatic nitrogens is 6. The molecule has 0 saturated carbocycles. The summed E-state index contributed by atoms with van der Waals surface area (Å²) in [5.41, 5.74) is 2.41. The fourth-order valence-corrected chi connectivity index (χ4v) is 3.74. The summed E-state index contributed by atoms with van der Waals surface area (Å²) in [5.74, 6) is -0.980. The first-order valence-corrected chi connectivity index (χ1v) is 10.7. The van der Waals surface area contributed by atoms with Crippen LogP contribution in [0.2, 0.25) is 0 Å². The number of carboxylic acid groups (broad SMARTS) is 1. The molecular weight excluding hydrogens is 434 g/mol. The first kappa shape index (κ1) is 21.1. The number of aromatic carboxylic acids is 1. The second kappa shape index (κ2) is 9.02. The third kappa shape index (κ3) is 4.29. The summed E-state index contributed by atoms with van der Waals surface area (Å²) in [7, 11) is 0. The molecule has 170 valence electrons. The Morgan fingerprint density at radius 3 is 2.29 bits per heavy atom. The summed E-state index contributed by atoms with van der Waals surface area (Å²) < 4.78 is 2.93. The number of aromatic amines is 1. The summed E-state index contributed by atoms with van der Waals surface area (Å²) in [6.45, 7) is 1.34. The quantitative estimate of drug-likeness (QED) is 0.368. The van der Waals surface area contributed by atoms with E-state index in [1.165, 1.54) is 17.1 Å². The predicted molar refractivity (Wildman–Crippen MR) is 127 cm³/mol. The molecule has 2 N–H and O–H groups in total. The number of aryl methyl sites for hydroxylation is 1. The van der Waals surface area contributed by atoms with E-state index >= 15 is 0 Å². The Kier molecular flexibility index (Phi) is 5.61. The molecule has 10 heteroatoms. The number of fused-ring (bicyclic) bond motifs is 1. The first-order valence-electron chi connectivity index (χ1n) is 10.7. The van der Waals surface area contributed by atoms with Crippen molar-refractivity contribution in [2.45, 2.75) is 13.0 Å². The van der Waals surface area contributed by atoms with Crippen molar-refractivity contribution >= 4 is 28.4 Å². The summed E-state index contributed by atoms with van der Waals surface area (Å²) in [4.78, 5) is 32.9. The zero-order valence-electron chi connectivity index (χ0n) is 18.1. The summed E-state index contributed by atoms with van der Waals surface area (Å²) in [6, 6.07) is 20.3. The average Bonchev–Trinajstić information content (AvgIpc) is 3.51. The van der Waals surface area contributed by atoms with Crippen LogP contribution < -0.4 is 10.5 Å². The Balaban J connectivity index is 1.35. The lowest BCUT2D eigenvalue weighted by atomic mass is 10.2. The zero-order valence-corrected chi connectivity index (χ0v) is 18.1. The number of nitrogens with zero attached hydrogens (tertiary/aromatic N) is 6. The van der Waals surface area contributed by atoms with Crippen LogP contribution in [0.25, 0.3) is 17.0 Å². The maximum absolute atomic E-state index is 12.5. The molecule has 0 amide bonds. The Labute approximate surface area is 193 Å². The van der Waals surface area contributed by atoms with E-state index in [9.17, 15) is 9.59 Å². The van der Waals surface area contributed by atoms with Crippen molar-refractivity contribution in [3.63, 3.8) is 0 Å². The summed E-state index contributed by atoms with van der Waals surface area (Å²) >= 11 is 0. The molecule has 3 heterocycles. The van der Waals surface area contributed by atoms with Gasteiger partial charge < -0.3 is 10.0 Å². The van der Waals surface area contributed by atoms with E-state index in [4.69, 9.17) is 5.11 Å². The SMILES string of the molecule is O=C(O)c1cnn(-c2nc3cn(CCCN(c4ccccc4)c4ccccc4)nc3c(=O)[nH]2)c1. The fourth-order valence-electron chi connectivity index (χ4n) is 3.74. The van der Waals surface area contributed by atoms with Crippen molar-refractivity contribution < 1.29 is 9.90 Å². The number of carbonyl (C=O) groups is 1. The van der Waals surface area contributed by atoms with Gasteiger partial charge in [0.05, 0.1) is 18.0 Å². The van der Waals surface area contributed by atoms with Crippen molar-refractivity contribution in [1.82, 2.24) is 29.5 Å². The molecule has 5 aromatic rings. The number of nitrogens with one attached hydrogen (secondary N) is 1. The Hall–Kier alpha value is -4.73. The molecule has 0 radical (unpaired) electrons. The van der Waals surface area contributed by atoms with Gasteiger partial charge in [0.15, 0.2) is 5.52 Å². The van der Waals surface area contributed by atoms with Crippen molar-refractivity contribution in [1.29, 1.82) is 0 Å². The largest absolute Gasteiger partial charge is 0.478 e. The van der Waals surface area contributed by atoms with Gasteiger partial charge in [0, 0.05) is 30.7 Å². The molecule has 0 bridgehead atoms. The summed E-state index contributed by atoms with van der Waals surface area (Å²) in [5, 5.41) is 17.4. The molecule has 0 saturated heterocycles. The third-order valence-corrected chi connectivity index (χ3v) is 5.36. The van der Waals surface area contributed by atoms with Crippen molar-refractivity contribution in [3.8, 4) is 5.95 Å². The minimum absolute atomic E-state index is 0.000160. The molecule has 0 aliphatic carbocycles. The predicted octanol–water partition coefficient (Wildman–Crippen LogP) is 3.23. The second-order valence-electron chi connectivity index (χ2n) is 7.67. The van der Waals surface area contributed by atoms with Crippen LogP contribution in [0.5, 0.6) is 0 Å². The minimum atomic E-state index is -1.11. The van der Waals surface area contributed by atoms with Crippen molar-refractivity contribution in [2.24, 2.45) is 0 Å². The average molecular weight is 455 g/mol. The van der Waals surface area contributed by atoms with Gasteiger partial charge in [-0.3, -0.25) is 14.5 Å². The second-order valence-corrected chi connectivity index (χ2v) is 7.67. The molecule has 0 aliphatic rings. The number of anilines is 2. The van der Waals surface area contributed by atoms with Gasteiger partial charge in [0.1, 0.15) is 5.52 Å². The zero-order chi connectivity index (χ0) is 23.5. The van der Waals surface area contributed by atoms with Crippen molar-refractivity contribution in [2.75, 3.05) is 11.4 Å². The lowest BCUT2D eigenvalue weighted by molar-refractivity contribution is 0.0697. The highest BCUT2D eigenvalue weighted by Crippen LogP contribution is 2.25. The molecule has 0 aliphatic heterocycles. The van der Waals surface area contributed by atoms with Crippen LogP contribution >= 0.6 is 0 Å². The number of H-pyrrole nitrogens is 1. The van der Waals surface area contributed by atoms with E-state index in [0.29, 0.717) is 12.1 Å². The standard InChI is InChI=1S/C24H21N7O3/c32-22-21-20(26-24(27-22)31-15-17(14-25-31)23(33)34)16-29(28-21)12-7-13-30(18-8-3-1-4-9-18)19-10-5-2-6-11-19/h1-6,8-11,14-16H,7,12-13H2,(H,33,34)(H,26,27,32). The Bertz CT molecular complexity index is 1450. The van der Waals surface area contributed by atoms with Gasteiger partial charge in [-0.1, -0.05) is 36.4 Å². The van der Waals surface area contributed by atoms with Crippen LogP contribution in [0.4, 0.5) is 11.4 Å². The van der Waals surface area contributed by atoms with Crippen molar-refractivity contribution in [3.05, 3.63) is 95.2 Å². The smallest absolute Gasteiger partial charge is 0.338 e. The fraction of sp³-hybridized carbons (Fsp3) is 0.125. The van der Waals surface area contributed by atoms with E-state index < -0.39 is 11.5 Å². The van der Waals surface area contributed by atoms with Crippen LogP contribution in [0.15, 0.2) is 84.0 Å². The van der Waals surface area contributed by atoms with Gasteiger partial charge in [-0.05, 0) is 30.7 Å². The van der Waals surface area contributed by atoms with Crippen LogP contribution in [-0.2, 0) is 6.54 Å². The number of hydrogen-bond acceptors (Lipinski definition) is 6. The van der Waals surface area contributed by atoms with Crippen LogP contribution in [0.1, 0.15) is 16.8 Å². The molecule has 34 heavy (non-hydrogen) atoms. The van der Waals surface area contributed by atoms with E-state index in [1.54, 1.807) is 10.9 Å². The highest BCUT2D eigenvalue weighted by Gasteiger charge is 2.14. The number of carboxylic acids is 1. The first-order chi connectivity index (χ1) is 16.6. The molecule has 3 aromatic heterocycles. The maximum Gasteiger partial charge on any atom is 0.338 e. The third-order valence-electron chi connectivity index (χ3n) is 5.36. The molecule has 0 fully saturated rings. The Morgan fingerprint density at radius 2 is 1.68 bits per heavy atom. The molecule has 0 unspecified atom stereocenters. The number of benzene rings is 2. The molecular formula is C24H21N7O3. The molecule has 10 nitrogen and oxygen atoms in total. The number of hydrogen-bond donors (Lipinski definition) is 2. The summed E-state index contributed by atoms with van der Waals surface area (Å²) in [6.07, 6.45) is 4.98. The number of para-hydroxylation sites is 2. The lowest BCUT2D eigenvalue weighted by Crippen LogP contribution is -2.20. The van der Waals surface area contributed by atoms with Gasteiger partial charge >= 0.3 is 5.97 Å². The maximum atomic E-state index is 12.5. The van der Waals surface area contributed by atoms with Crippen LogP contribution in [0, 0.1) is 0 Å². The minimum Gasteiger partial charge on any atom is -0.478 e. The topological polar surface area (TPSA) is 122 Å². The van der Waals surface area contributed by atoms with E-state index in [-0.39, 0.29) is 17.0 Å². The lowest BCUT2D eigenvalue weighted by Gasteiger charge is -2.25. The van der Waals surface area contributed by atoms with Crippen LogP contribution in [-0.4, -0.2) is 47.1 Å². The van der Waals surface area contributed by atoms with Crippen LogP contribution in [0.3, 0.4) is 0 Å². The van der Waals surface area contributed by atoms with Gasteiger partial charge in [-0.2, -0.15) is 10.2 Å². The molecule has 2 aromatic carbocycles. The van der Waals surface area contributed by atoms with Gasteiger partial charge in [0.25, 0.3) is 5.56 Å².